The lowest BCUT2D eigenvalue weighted by molar-refractivity contribution is 0.173. The van der Waals surface area contributed by atoms with Crippen molar-refractivity contribution < 1.29 is 24.1 Å². The molecule has 2 aromatic carbocycles. The molecule has 10 heteroatoms. The number of fused-ring (bicyclic) bond motifs is 2. The molecule has 0 saturated heterocycles. The van der Waals surface area contributed by atoms with Gasteiger partial charge in [-0.25, -0.2) is 0 Å². The van der Waals surface area contributed by atoms with Gasteiger partial charge in [0.2, 0.25) is 13.6 Å². The Kier molecular flexibility index (Phi) is 4.42. The Bertz CT molecular complexity index is 1060. The second kappa shape index (κ2) is 7.08. The molecule has 2 aliphatic rings. The van der Waals surface area contributed by atoms with Crippen LogP contribution in [0.5, 0.6) is 23.0 Å². The lowest BCUT2D eigenvalue weighted by Gasteiger charge is -2.08. The highest BCUT2D eigenvalue weighted by Gasteiger charge is 2.20. The van der Waals surface area contributed by atoms with E-state index in [0.717, 1.165) is 11.1 Å². The number of hydrogen-bond acceptors (Lipinski definition) is 8. The number of hydrogen-bond donors (Lipinski definition) is 1. The van der Waals surface area contributed by atoms with Gasteiger partial charge in [0.05, 0.1) is 0 Å². The van der Waals surface area contributed by atoms with Crippen LogP contribution in [-0.2, 0) is 12.5 Å². The number of aliphatic hydroxyl groups excluding tert-OH is 1. The number of aliphatic hydroxyl groups is 1. The summed E-state index contributed by atoms with van der Waals surface area (Å²) in [5.41, 5.74) is 1.66. The van der Waals surface area contributed by atoms with Gasteiger partial charge >= 0.3 is 0 Å². The summed E-state index contributed by atoms with van der Waals surface area (Å²) in [6.07, 6.45) is 0. The lowest BCUT2D eigenvalue weighted by atomic mass is 10.2. The molecular formula is C18H14ClN3O5S. The largest absolute Gasteiger partial charge is 0.454 e. The topological polar surface area (TPSA) is 87.9 Å². The Morgan fingerprint density at radius 1 is 0.964 bits per heavy atom. The summed E-state index contributed by atoms with van der Waals surface area (Å²) in [5, 5.41) is 19.5. The maximum atomic E-state index is 9.87. The molecule has 8 nitrogen and oxygen atoms in total. The number of ether oxygens (including phenoxy) is 4. The van der Waals surface area contributed by atoms with Gasteiger partial charge in [0.15, 0.2) is 34.0 Å². The van der Waals surface area contributed by atoms with Gasteiger partial charge in [0.1, 0.15) is 6.73 Å². The number of aromatic nitrogens is 3. The van der Waals surface area contributed by atoms with Crippen LogP contribution in [0.4, 0.5) is 0 Å². The van der Waals surface area contributed by atoms with E-state index in [9.17, 15) is 5.11 Å². The van der Waals surface area contributed by atoms with Crippen molar-refractivity contribution in [3.05, 3.63) is 40.9 Å². The van der Waals surface area contributed by atoms with E-state index >= 15 is 0 Å². The Morgan fingerprint density at radius 2 is 1.68 bits per heavy atom. The molecular weight excluding hydrogens is 406 g/mol. The normalized spacial score (nSPS) is 13.9. The van der Waals surface area contributed by atoms with E-state index in [1.165, 1.54) is 11.8 Å². The molecule has 0 spiro atoms. The molecule has 0 aliphatic carbocycles. The molecule has 0 atom stereocenters. The molecule has 0 unspecified atom stereocenters. The number of rotatable bonds is 5. The first-order valence-electron chi connectivity index (χ1n) is 8.38. The summed E-state index contributed by atoms with van der Waals surface area (Å²) in [4.78, 5) is 0. The third kappa shape index (κ3) is 3.01. The average Bonchev–Trinajstić information content (AvgIpc) is 3.43. The van der Waals surface area contributed by atoms with Crippen molar-refractivity contribution in [3.8, 4) is 34.4 Å². The van der Waals surface area contributed by atoms with Crippen LogP contribution in [-0.4, -0.2) is 33.5 Å². The van der Waals surface area contributed by atoms with E-state index in [0.29, 0.717) is 44.8 Å². The second-order valence-electron chi connectivity index (χ2n) is 6.03. The smallest absolute Gasteiger partial charge is 0.231 e. The number of thioether (sulfide) groups is 1. The van der Waals surface area contributed by atoms with E-state index in [2.05, 4.69) is 10.2 Å². The minimum atomic E-state index is -0.256. The minimum absolute atomic E-state index is 0.194. The van der Waals surface area contributed by atoms with Crippen molar-refractivity contribution in [3.63, 3.8) is 0 Å². The maximum Gasteiger partial charge on any atom is 0.231 e. The van der Waals surface area contributed by atoms with Crippen molar-refractivity contribution in [1.29, 1.82) is 0 Å². The fraction of sp³-hybridized carbons (Fsp3) is 0.222. The van der Waals surface area contributed by atoms with Crippen LogP contribution in [0.15, 0.2) is 35.5 Å². The van der Waals surface area contributed by atoms with Gasteiger partial charge in [0.25, 0.3) is 0 Å². The predicted octanol–water partition coefficient (Wildman–Crippen LogP) is 3.30. The van der Waals surface area contributed by atoms with Crippen LogP contribution >= 0.6 is 23.4 Å². The standard InChI is InChI=1S/C18H14ClN3O5S/c19-12-5-16-15(26-9-27-16)4-11(12)6-28-18-21-20-17(22(18)7-23)10-1-2-13-14(3-10)25-8-24-13/h1-5,23H,6-9H2. The second-order valence-corrected chi connectivity index (χ2v) is 7.38. The molecule has 0 fully saturated rings. The summed E-state index contributed by atoms with van der Waals surface area (Å²) in [7, 11) is 0. The Balaban J connectivity index is 1.40. The van der Waals surface area contributed by atoms with Gasteiger partial charge < -0.3 is 24.1 Å². The average molecular weight is 420 g/mol. The summed E-state index contributed by atoms with van der Waals surface area (Å²) in [5.74, 6) is 3.72. The van der Waals surface area contributed by atoms with Gasteiger partial charge in [-0.2, -0.15) is 0 Å². The molecule has 3 heterocycles. The fourth-order valence-electron chi connectivity index (χ4n) is 2.98. The van der Waals surface area contributed by atoms with Crippen LogP contribution in [0, 0.1) is 0 Å². The van der Waals surface area contributed by atoms with Crippen LogP contribution in [0.3, 0.4) is 0 Å². The van der Waals surface area contributed by atoms with Crippen molar-refractivity contribution in [2.75, 3.05) is 13.6 Å². The minimum Gasteiger partial charge on any atom is -0.454 e. The third-order valence-electron chi connectivity index (χ3n) is 4.39. The summed E-state index contributed by atoms with van der Waals surface area (Å²) >= 11 is 7.75. The predicted molar refractivity (Wildman–Crippen MR) is 101 cm³/mol. The van der Waals surface area contributed by atoms with Crippen molar-refractivity contribution >= 4 is 23.4 Å². The lowest BCUT2D eigenvalue weighted by Crippen LogP contribution is -2.02. The fourth-order valence-corrected chi connectivity index (χ4v) is 4.21. The van der Waals surface area contributed by atoms with Gasteiger partial charge in [-0.05, 0) is 29.8 Å². The van der Waals surface area contributed by atoms with E-state index < -0.39 is 0 Å². The first kappa shape index (κ1) is 17.5. The van der Waals surface area contributed by atoms with E-state index in [1.54, 1.807) is 10.6 Å². The van der Waals surface area contributed by atoms with E-state index in [4.69, 9.17) is 30.5 Å². The maximum absolute atomic E-state index is 9.87. The highest BCUT2D eigenvalue weighted by Crippen LogP contribution is 2.39. The number of benzene rings is 2. The molecule has 0 bridgehead atoms. The van der Waals surface area contributed by atoms with Crippen molar-refractivity contribution in [1.82, 2.24) is 14.8 Å². The van der Waals surface area contributed by atoms with Crippen molar-refractivity contribution in [2.45, 2.75) is 17.6 Å². The molecule has 0 radical (unpaired) electrons. The zero-order chi connectivity index (χ0) is 19.1. The first-order chi connectivity index (χ1) is 13.7. The summed E-state index contributed by atoms with van der Waals surface area (Å²) in [6.45, 7) is 0.136. The van der Waals surface area contributed by atoms with Gasteiger partial charge in [-0.15, -0.1) is 10.2 Å². The monoisotopic (exact) mass is 419 g/mol. The first-order valence-corrected chi connectivity index (χ1v) is 9.74. The van der Waals surface area contributed by atoms with Gasteiger partial charge in [-0.1, -0.05) is 23.4 Å². The molecule has 144 valence electrons. The molecule has 0 saturated carbocycles. The van der Waals surface area contributed by atoms with Crippen molar-refractivity contribution in [2.24, 2.45) is 0 Å². The number of nitrogens with zero attached hydrogens (tertiary/aromatic N) is 3. The third-order valence-corrected chi connectivity index (χ3v) is 5.75. The zero-order valence-electron chi connectivity index (χ0n) is 14.4. The van der Waals surface area contributed by atoms with Crippen LogP contribution < -0.4 is 18.9 Å². The summed E-state index contributed by atoms with van der Waals surface area (Å²) in [6, 6.07) is 9.09. The number of halogens is 1. The Labute approximate surface area is 168 Å². The van der Waals surface area contributed by atoms with E-state index in [1.807, 2.05) is 24.3 Å². The highest BCUT2D eigenvalue weighted by atomic mass is 35.5. The Morgan fingerprint density at radius 3 is 2.46 bits per heavy atom. The SMILES string of the molecule is OCn1c(SCc2cc3c(cc2Cl)OCO3)nnc1-c1ccc2c(c1)OCO2. The zero-order valence-corrected chi connectivity index (χ0v) is 16.0. The van der Waals surface area contributed by atoms with E-state index in [-0.39, 0.29) is 20.3 Å². The molecule has 28 heavy (non-hydrogen) atoms. The molecule has 1 aromatic heterocycles. The van der Waals surface area contributed by atoms with Crippen LogP contribution in [0.25, 0.3) is 11.4 Å². The molecule has 3 aromatic rings. The molecule has 2 aliphatic heterocycles. The quantitative estimate of drug-likeness (QED) is 0.630. The molecule has 0 amide bonds. The van der Waals surface area contributed by atoms with Crippen LogP contribution in [0.2, 0.25) is 5.02 Å². The molecule has 1 N–H and O–H groups in total. The Hall–Kier alpha value is -2.62. The molecule has 5 rings (SSSR count). The van der Waals surface area contributed by atoms with Gasteiger partial charge in [0, 0.05) is 22.4 Å². The van der Waals surface area contributed by atoms with Gasteiger partial charge in [-0.3, -0.25) is 4.57 Å². The highest BCUT2D eigenvalue weighted by molar-refractivity contribution is 7.98. The summed E-state index contributed by atoms with van der Waals surface area (Å²) < 4.78 is 23.1. The van der Waals surface area contributed by atoms with Crippen LogP contribution in [0.1, 0.15) is 5.56 Å².